The molecule has 2 aromatic carbocycles. The van der Waals surface area contributed by atoms with Crippen LogP contribution >= 0.6 is 22.6 Å². The number of ether oxygens (including phenoxy) is 2. The highest BCUT2D eigenvalue weighted by Crippen LogP contribution is 2.37. The molecule has 1 heterocycles. The number of carbonyl (C=O) groups excluding carboxylic acids is 1. The molecule has 0 saturated heterocycles. The van der Waals surface area contributed by atoms with Crippen LogP contribution < -0.4 is 4.74 Å². The number of methoxy groups -OCH3 is 1. The second kappa shape index (κ2) is 5.89. The first-order chi connectivity index (χ1) is 10.2. The highest BCUT2D eigenvalue weighted by atomic mass is 127. The molecule has 0 aliphatic carbocycles. The maximum atomic E-state index is 12.0. The van der Waals surface area contributed by atoms with Crippen molar-refractivity contribution in [3.05, 3.63) is 65.2 Å². The largest absolute Gasteiger partial charge is 0.497 e. The van der Waals surface area contributed by atoms with E-state index in [0.717, 1.165) is 26.0 Å². The van der Waals surface area contributed by atoms with Gasteiger partial charge in [0.05, 0.1) is 17.1 Å². The molecule has 0 spiro atoms. The minimum absolute atomic E-state index is 0.236. The van der Waals surface area contributed by atoms with Gasteiger partial charge >= 0.3 is 5.97 Å². The Morgan fingerprint density at radius 2 is 1.81 bits per heavy atom. The van der Waals surface area contributed by atoms with Crippen molar-refractivity contribution in [1.82, 2.24) is 0 Å². The third-order valence-corrected chi connectivity index (χ3v) is 4.43. The summed E-state index contributed by atoms with van der Waals surface area (Å²) < 4.78 is 11.7. The molecule has 0 atom stereocenters. The van der Waals surface area contributed by atoms with Crippen LogP contribution in [0.5, 0.6) is 5.75 Å². The monoisotopic (exact) mass is 392 g/mol. The number of carbonyl (C=O) groups is 1. The summed E-state index contributed by atoms with van der Waals surface area (Å²) >= 11 is 2.24. The molecule has 0 saturated carbocycles. The average Bonchev–Trinajstić information content (AvgIpc) is 2.64. The number of hydrogen-bond acceptors (Lipinski definition) is 3. The van der Waals surface area contributed by atoms with Gasteiger partial charge in [0.2, 0.25) is 0 Å². The number of rotatable bonds is 2. The van der Waals surface area contributed by atoms with Gasteiger partial charge in [-0.15, -0.1) is 0 Å². The Balaban J connectivity index is 2.12. The average molecular weight is 392 g/mol. The Bertz CT molecular complexity index is 717. The molecule has 0 N–H and O–H groups in total. The fourth-order valence-corrected chi connectivity index (χ4v) is 3.24. The van der Waals surface area contributed by atoms with Gasteiger partial charge in [-0.1, -0.05) is 24.3 Å². The smallest absolute Gasteiger partial charge is 0.315 e. The van der Waals surface area contributed by atoms with E-state index in [0.29, 0.717) is 12.2 Å². The van der Waals surface area contributed by atoms with Crippen LogP contribution in [0.1, 0.15) is 16.7 Å². The molecule has 2 aromatic rings. The molecule has 1 aliphatic heterocycles. The highest BCUT2D eigenvalue weighted by molar-refractivity contribution is 14.1. The number of esters is 1. The number of benzene rings is 2. The standard InChI is InChI=1S/C17H13IO3/c1-20-13-8-6-11(7-9-13)17-16(18)14-5-3-2-4-12(14)10-15(19)21-17/h2-9H,10H2,1H3. The lowest BCUT2D eigenvalue weighted by atomic mass is 10.0. The number of halogens is 1. The molecule has 3 nitrogen and oxygen atoms in total. The SMILES string of the molecule is COc1ccc(C2=C(I)c3ccccc3CC(=O)O2)cc1. The van der Waals surface area contributed by atoms with Crippen molar-refractivity contribution in [2.24, 2.45) is 0 Å². The van der Waals surface area contributed by atoms with Crippen LogP contribution in [0.25, 0.3) is 9.34 Å². The summed E-state index contributed by atoms with van der Waals surface area (Å²) in [6.45, 7) is 0. The third kappa shape index (κ3) is 2.81. The number of fused-ring (bicyclic) bond motifs is 1. The van der Waals surface area contributed by atoms with Gasteiger partial charge in [0, 0.05) is 5.56 Å². The van der Waals surface area contributed by atoms with Crippen LogP contribution in [0, 0.1) is 0 Å². The van der Waals surface area contributed by atoms with Crippen molar-refractivity contribution in [2.75, 3.05) is 7.11 Å². The van der Waals surface area contributed by atoms with Gasteiger partial charge in [-0.2, -0.15) is 0 Å². The van der Waals surface area contributed by atoms with E-state index >= 15 is 0 Å². The van der Waals surface area contributed by atoms with Crippen LogP contribution in [0.15, 0.2) is 48.5 Å². The molecule has 0 aromatic heterocycles. The summed E-state index contributed by atoms with van der Waals surface area (Å²) in [5, 5.41) is 0. The van der Waals surface area contributed by atoms with E-state index in [-0.39, 0.29) is 5.97 Å². The van der Waals surface area contributed by atoms with E-state index < -0.39 is 0 Å². The Kier molecular flexibility index (Phi) is 3.96. The molecule has 0 radical (unpaired) electrons. The van der Waals surface area contributed by atoms with Gasteiger partial charge in [0.15, 0.2) is 5.76 Å². The zero-order valence-electron chi connectivity index (χ0n) is 11.4. The molecule has 0 amide bonds. The summed E-state index contributed by atoms with van der Waals surface area (Å²) in [5.74, 6) is 1.14. The molecule has 0 fully saturated rings. The van der Waals surface area contributed by atoms with Gasteiger partial charge in [-0.05, 0) is 58.0 Å². The predicted octanol–water partition coefficient (Wildman–Crippen LogP) is 4.06. The summed E-state index contributed by atoms with van der Waals surface area (Å²) in [7, 11) is 1.62. The Morgan fingerprint density at radius 3 is 2.52 bits per heavy atom. The molecule has 106 valence electrons. The maximum Gasteiger partial charge on any atom is 0.315 e. The quantitative estimate of drug-likeness (QED) is 0.572. The molecule has 0 unspecified atom stereocenters. The van der Waals surface area contributed by atoms with E-state index in [1.165, 1.54) is 0 Å². The van der Waals surface area contributed by atoms with Gasteiger partial charge in [0.1, 0.15) is 5.75 Å². The van der Waals surface area contributed by atoms with Crippen LogP contribution in [-0.4, -0.2) is 13.1 Å². The third-order valence-electron chi connectivity index (χ3n) is 3.36. The van der Waals surface area contributed by atoms with E-state index in [4.69, 9.17) is 9.47 Å². The van der Waals surface area contributed by atoms with Crippen molar-refractivity contribution < 1.29 is 14.3 Å². The lowest BCUT2D eigenvalue weighted by Crippen LogP contribution is -2.05. The Morgan fingerprint density at radius 1 is 1.10 bits per heavy atom. The van der Waals surface area contributed by atoms with Gasteiger partial charge in [-0.3, -0.25) is 4.79 Å². The van der Waals surface area contributed by atoms with Gasteiger partial charge < -0.3 is 9.47 Å². The van der Waals surface area contributed by atoms with Crippen molar-refractivity contribution in [3.8, 4) is 5.75 Å². The molecule has 4 heteroatoms. The van der Waals surface area contributed by atoms with Crippen molar-refractivity contribution >= 4 is 37.9 Å². The minimum atomic E-state index is -0.236. The Labute approximate surface area is 136 Å². The summed E-state index contributed by atoms with van der Waals surface area (Å²) in [6.07, 6.45) is 0.294. The van der Waals surface area contributed by atoms with Crippen LogP contribution in [-0.2, 0) is 16.0 Å². The zero-order chi connectivity index (χ0) is 14.8. The van der Waals surface area contributed by atoms with Gasteiger partial charge in [-0.25, -0.2) is 0 Å². The topological polar surface area (TPSA) is 35.5 Å². The number of cyclic esters (lactones) is 1. The predicted molar refractivity (Wildman–Crippen MR) is 90.1 cm³/mol. The maximum absolute atomic E-state index is 12.0. The van der Waals surface area contributed by atoms with Crippen LogP contribution in [0.2, 0.25) is 0 Å². The van der Waals surface area contributed by atoms with E-state index in [2.05, 4.69) is 22.6 Å². The fraction of sp³-hybridized carbons (Fsp3) is 0.118. The van der Waals surface area contributed by atoms with Crippen molar-refractivity contribution in [3.63, 3.8) is 0 Å². The van der Waals surface area contributed by atoms with E-state index in [1.54, 1.807) is 7.11 Å². The molecule has 1 aliphatic rings. The molecule has 21 heavy (non-hydrogen) atoms. The first kappa shape index (κ1) is 14.1. The van der Waals surface area contributed by atoms with E-state index in [9.17, 15) is 4.79 Å². The molecular formula is C17H13IO3. The first-order valence-corrected chi connectivity index (χ1v) is 7.60. The molecular weight excluding hydrogens is 379 g/mol. The van der Waals surface area contributed by atoms with Crippen molar-refractivity contribution in [1.29, 1.82) is 0 Å². The zero-order valence-corrected chi connectivity index (χ0v) is 13.6. The normalized spacial score (nSPS) is 14.3. The second-order valence-electron chi connectivity index (χ2n) is 4.68. The summed E-state index contributed by atoms with van der Waals surface area (Å²) in [5.41, 5.74) is 2.91. The minimum Gasteiger partial charge on any atom is -0.497 e. The van der Waals surface area contributed by atoms with Crippen LogP contribution in [0.3, 0.4) is 0 Å². The van der Waals surface area contributed by atoms with Crippen LogP contribution in [0.4, 0.5) is 0 Å². The fourth-order valence-electron chi connectivity index (χ4n) is 2.29. The lowest BCUT2D eigenvalue weighted by Gasteiger charge is -2.10. The summed E-state index contributed by atoms with van der Waals surface area (Å²) in [6, 6.07) is 15.4. The van der Waals surface area contributed by atoms with E-state index in [1.807, 2.05) is 48.5 Å². The van der Waals surface area contributed by atoms with Crippen molar-refractivity contribution in [2.45, 2.75) is 6.42 Å². The number of hydrogen-bond donors (Lipinski definition) is 0. The molecule has 0 bridgehead atoms. The lowest BCUT2D eigenvalue weighted by molar-refractivity contribution is -0.135. The Hall–Kier alpha value is -1.82. The molecule has 3 rings (SSSR count). The second-order valence-corrected chi connectivity index (χ2v) is 5.76. The highest BCUT2D eigenvalue weighted by Gasteiger charge is 2.22. The van der Waals surface area contributed by atoms with Gasteiger partial charge in [0.25, 0.3) is 0 Å². The first-order valence-electron chi connectivity index (χ1n) is 6.52. The summed E-state index contributed by atoms with van der Waals surface area (Å²) in [4.78, 5) is 12.0.